The highest BCUT2D eigenvalue weighted by Crippen LogP contribution is 2.29. The largest absolute Gasteiger partial charge is 0.491 e. The van der Waals surface area contributed by atoms with E-state index in [1.54, 1.807) is 0 Å². The van der Waals surface area contributed by atoms with Crippen LogP contribution in [0.2, 0.25) is 5.02 Å². The van der Waals surface area contributed by atoms with Gasteiger partial charge in [-0.25, -0.2) is 0 Å². The SMILES string of the molecule is CCNCc1cccc(Cl)c1OCC1CCOCC1. The van der Waals surface area contributed by atoms with E-state index >= 15 is 0 Å². The Hall–Kier alpha value is -0.770. The molecule has 106 valence electrons. The van der Waals surface area contributed by atoms with Gasteiger partial charge in [0.15, 0.2) is 0 Å². The van der Waals surface area contributed by atoms with Crippen LogP contribution in [0.15, 0.2) is 18.2 Å². The lowest BCUT2D eigenvalue weighted by Gasteiger charge is -2.23. The van der Waals surface area contributed by atoms with Crippen LogP contribution in [-0.4, -0.2) is 26.4 Å². The van der Waals surface area contributed by atoms with E-state index in [1.165, 1.54) is 0 Å². The summed E-state index contributed by atoms with van der Waals surface area (Å²) < 4.78 is 11.3. The summed E-state index contributed by atoms with van der Waals surface area (Å²) in [4.78, 5) is 0. The number of ether oxygens (including phenoxy) is 2. The van der Waals surface area contributed by atoms with E-state index in [0.29, 0.717) is 10.9 Å². The second kappa shape index (κ2) is 7.73. The summed E-state index contributed by atoms with van der Waals surface area (Å²) in [6.07, 6.45) is 2.15. The molecule has 2 rings (SSSR count). The molecule has 1 saturated heterocycles. The van der Waals surface area contributed by atoms with Crippen molar-refractivity contribution in [2.75, 3.05) is 26.4 Å². The van der Waals surface area contributed by atoms with Gasteiger partial charge < -0.3 is 14.8 Å². The molecule has 4 heteroatoms. The summed E-state index contributed by atoms with van der Waals surface area (Å²) >= 11 is 6.25. The molecule has 1 aromatic carbocycles. The standard InChI is InChI=1S/C15H22ClNO2/c1-2-17-10-13-4-3-5-14(16)15(13)19-11-12-6-8-18-9-7-12/h3-5,12,17H,2,6-11H2,1H3. The zero-order chi connectivity index (χ0) is 13.5. The summed E-state index contributed by atoms with van der Waals surface area (Å²) in [7, 11) is 0. The van der Waals surface area contributed by atoms with Crippen LogP contribution >= 0.6 is 11.6 Å². The Bertz CT molecular complexity index is 392. The lowest BCUT2D eigenvalue weighted by molar-refractivity contribution is 0.0496. The normalized spacial score (nSPS) is 16.5. The molecule has 0 aromatic heterocycles. The average Bonchev–Trinajstić information content (AvgIpc) is 2.45. The fraction of sp³-hybridized carbons (Fsp3) is 0.600. The van der Waals surface area contributed by atoms with Crippen molar-refractivity contribution in [2.24, 2.45) is 5.92 Å². The highest BCUT2D eigenvalue weighted by Gasteiger charge is 2.16. The fourth-order valence-corrected chi connectivity index (χ4v) is 2.48. The van der Waals surface area contributed by atoms with Gasteiger partial charge >= 0.3 is 0 Å². The molecule has 0 unspecified atom stereocenters. The predicted molar refractivity (Wildman–Crippen MR) is 77.9 cm³/mol. The lowest BCUT2D eigenvalue weighted by atomic mass is 10.0. The molecule has 1 fully saturated rings. The molecule has 19 heavy (non-hydrogen) atoms. The lowest BCUT2D eigenvalue weighted by Crippen LogP contribution is -2.22. The number of benzene rings is 1. The van der Waals surface area contributed by atoms with E-state index in [9.17, 15) is 0 Å². The van der Waals surface area contributed by atoms with Gasteiger partial charge in [0.05, 0.1) is 11.6 Å². The Morgan fingerprint density at radius 2 is 2.16 bits per heavy atom. The second-order valence-corrected chi connectivity index (χ2v) is 5.28. The van der Waals surface area contributed by atoms with Gasteiger partial charge in [-0.05, 0) is 31.4 Å². The van der Waals surface area contributed by atoms with Crippen molar-refractivity contribution in [1.82, 2.24) is 5.32 Å². The Kier molecular flexibility index (Phi) is 5.95. The molecule has 3 nitrogen and oxygen atoms in total. The number of nitrogens with one attached hydrogen (secondary N) is 1. The van der Waals surface area contributed by atoms with Crippen LogP contribution in [0.3, 0.4) is 0 Å². The van der Waals surface area contributed by atoms with Gasteiger partial charge in [0.2, 0.25) is 0 Å². The van der Waals surface area contributed by atoms with Gasteiger partial charge in [-0.3, -0.25) is 0 Å². The summed E-state index contributed by atoms with van der Waals surface area (Å²) in [5, 5.41) is 4.01. The predicted octanol–water partition coefficient (Wildman–Crippen LogP) is 3.25. The summed E-state index contributed by atoms with van der Waals surface area (Å²) in [6.45, 7) is 6.24. The van der Waals surface area contributed by atoms with E-state index in [4.69, 9.17) is 21.1 Å². The highest BCUT2D eigenvalue weighted by molar-refractivity contribution is 6.32. The maximum absolute atomic E-state index is 6.25. The van der Waals surface area contributed by atoms with Crippen LogP contribution in [-0.2, 0) is 11.3 Å². The molecule has 0 spiro atoms. The number of hydrogen-bond acceptors (Lipinski definition) is 3. The van der Waals surface area contributed by atoms with Gasteiger partial charge in [0.1, 0.15) is 5.75 Å². The average molecular weight is 284 g/mol. The summed E-state index contributed by atoms with van der Waals surface area (Å²) in [5.74, 6) is 1.41. The van der Waals surface area contributed by atoms with Crippen molar-refractivity contribution in [3.05, 3.63) is 28.8 Å². The number of rotatable bonds is 6. The van der Waals surface area contributed by atoms with Crippen LogP contribution in [0, 0.1) is 5.92 Å². The van der Waals surface area contributed by atoms with E-state index in [1.807, 2.05) is 12.1 Å². The Labute approximate surface area is 120 Å². The minimum Gasteiger partial charge on any atom is -0.491 e. The Balaban J connectivity index is 1.96. The molecule has 1 aliphatic rings. The molecule has 0 amide bonds. The quantitative estimate of drug-likeness (QED) is 0.869. The highest BCUT2D eigenvalue weighted by atomic mass is 35.5. The van der Waals surface area contributed by atoms with E-state index < -0.39 is 0 Å². The van der Waals surface area contributed by atoms with Gasteiger partial charge in [-0.1, -0.05) is 30.7 Å². The van der Waals surface area contributed by atoms with Crippen molar-refractivity contribution in [2.45, 2.75) is 26.3 Å². The van der Waals surface area contributed by atoms with Crippen molar-refractivity contribution in [1.29, 1.82) is 0 Å². The number of halogens is 1. The molecule has 0 radical (unpaired) electrons. The van der Waals surface area contributed by atoms with Crippen LogP contribution in [0.5, 0.6) is 5.75 Å². The Morgan fingerprint density at radius 1 is 1.37 bits per heavy atom. The zero-order valence-electron chi connectivity index (χ0n) is 11.5. The van der Waals surface area contributed by atoms with Crippen molar-refractivity contribution >= 4 is 11.6 Å². The first-order chi connectivity index (χ1) is 9.31. The minimum absolute atomic E-state index is 0.581. The monoisotopic (exact) mass is 283 g/mol. The number of para-hydroxylation sites is 1. The van der Waals surface area contributed by atoms with Gasteiger partial charge in [-0.2, -0.15) is 0 Å². The summed E-state index contributed by atoms with van der Waals surface area (Å²) in [5.41, 5.74) is 1.13. The van der Waals surface area contributed by atoms with Gasteiger partial charge in [0.25, 0.3) is 0 Å². The van der Waals surface area contributed by atoms with E-state index in [2.05, 4.69) is 18.3 Å². The molecule has 0 aliphatic carbocycles. The molecular formula is C15H22ClNO2. The maximum Gasteiger partial charge on any atom is 0.142 e. The molecule has 1 aromatic rings. The first-order valence-corrected chi connectivity index (χ1v) is 7.37. The topological polar surface area (TPSA) is 30.5 Å². The van der Waals surface area contributed by atoms with Crippen LogP contribution in [0.4, 0.5) is 0 Å². The zero-order valence-corrected chi connectivity index (χ0v) is 12.2. The minimum atomic E-state index is 0.581. The van der Waals surface area contributed by atoms with Crippen LogP contribution in [0.25, 0.3) is 0 Å². The molecule has 0 atom stereocenters. The van der Waals surface area contributed by atoms with Gasteiger partial charge in [-0.15, -0.1) is 0 Å². The van der Waals surface area contributed by atoms with Crippen LogP contribution < -0.4 is 10.1 Å². The molecular weight excluding hydrogens is 262 g/mol. The second-order valence-electron chi connectivity index (χ2n) is 4.88. The first-order valence-electron chi connectivity index (χ1n) is 7.00. The van der Waals surface area contributed by atoms with E-state index in [-0.39, 0.29) is 0 Å². The smallest absolute Gasteiger partial charge is 0.142 e. The maximum atomic E-state index is 6.25. The van der Waals surface area contributed by atoms with Crippen LogP contribution in [0.1, 0.15) is 25.3 Å². The Morgan fingerprint density at radius 3 is 2.89 bits per heavy atom. The van der Waals surface area contributed by atoms with E-state index in [0.717, 1.165) is 57.1 Å². The number of hydrogen-bond donors (Lipinski definition) is 1. The molecule has 0 bridgehead atoms. The molecule has 1 aliphatic heterocycles. The van der Waals surface area contributed by atoms with Crippen molar-refractivity contribution in [3.8, 4) is 5.75 Å². The molecule has 0 saturated carbocycles. The third-order valence-corrected chi connectivity index (χ3v) is 3.72. The van der Waals surface area contributed by atoms with Gasteiger partial charge in [0, 0.05) is 25.3 Å². The van der Waals surface area contributed by atoms with Crippen molar-refractivity contribution < 1.29 is 9.47 Å². The first kappa shape index (κ1) is 14.6. The third-order valence-electron chi connectivity index (χ3n) is 3.42. The summed E-state index contributed by atoms with van der Waals surface area (Å²) in [6, 6.07) is 5.92. The molecule has 1 N–H and O–H groups in total. The molecule has 1 heterocycles. The fourth-order valence-electron chi connectivity index (χ4n) is 2.23. The van der Waals surface area contributed by atoms with Crippen molar-refractivity contribution in [3.63, 3.8) is 0 Å². The third kappa shape index (κ3) is 4.37.